The largest absolute Gasteiger partial charge is 0.374 e. The van der Waals surface area contributed by atoms with Gasteiger partial charge in [-0.2, -0.15) is 0 Å². The summed E-state index contributed by atoms with van der Waals surface area (Å²) < 4.78 is 0. The summed E-state index contributed by atoms with van der Waals surface area (Å²) in [6.07, 6.45) is 5.09. The number of terminal acetylenes is 1. The van der Waals surface area contributed by atoms with Gasteiger partial charge < -0.3 is 5.32 Å². The van der Waals surface area contributed by atoms with E-state index in [9.17, 15) is 0 Å². The highest BCUT2D eigenvalue weighted by atomic mass is 14.8. The minimum absolute atomic E-state index is 0.586. The second-order valence-corrected chi connectivity index (χ2v) is 2.42. The minimum Gasteiger partial charge on any atom is -0.374 e. The van der Waals surface area contributed by atoms with E-state index < -0.39 is 0 Å². The fourth-order valence-corrected chi connectivity index (χ4v) is 0.825. The molecule has 0 unspecified atom stereocenters. The Bertz CT molecular complexity index is 253. The van der Waals surface area contributed by atoms with E-state index in [2.05, 4.69) is 30.3 Å². The lowest BCUT2D eigenvalue weighted by molar-refractivity contribution is 1.36. The van der Waals surface area contributed by atoms with Crippen LogP contribution in [0.3, 0.4) is 0 Å². The predicted molar refractivity (Wildman–Crippen MR) is 59.8 cm³/mol. The Labute approximate surface area is 81.2 Å². The quantitative estimate of drug-likeness (QED) is 0.681. The average Bonchev–Trinajstić information content (AvgIpc) is 2.20. The van der Waals surface area contributed by atoms with Gasteiger partial charge in [-0.1, -0.05) is 37.5 Å². The van der Waals surface area contributed by atoms with E-state index in [4.69, 9.17) is 6.42 Å². The van der Waals surface area contributed by atoms with Crippen molar-refractivity contribution in [3.8, 4) is 12.3 Å². The van der Waals surface area contributed by atoms with Gasteiger partial charge in [0.2, 0.25) is 0 Å². The molecule has 1 nitrogen and oxygen atoms in total. The summed E-state index contributed by atoms with van der Waals surface area (Å²) in [4.78, 5) is 0. The zero-order valence-corrected chi connectivity index (χ0v) is 8.59. The first-order chi connectivity index (χ1) is 6.33. The summed E-state index contributed by atoms with van der Waals surface area (Å²) in [6, 6.07) is 8.15. The van der Waals surface area contributed by atoms with Gasteiger partial charge in [-0.05, 0) is 19.1 Å². The van der Waals surface area contributed by atoms with E-state index in [1.807, 2.05) is 26.0 Å². The Balaban J connectivity index is 0.000000671. The van der Waals surface area contributed by atoms with Gasteiger partial charge in [0.05, 0.1) is 6.54 Å². The lowest BCUT2D eigenvalue weighted by atomic mass is 10.2. The van der Waals surface area contributed by atoms with Crippen LogP contribution in [-0.2, 0) is 0 Å². The maximum atomic E-state index is 5.09. The molecule has 0 bridgehead atoms. The molecule has 0 aromatic heterocycles. The van der Waals surface area contributed by atoms with Gasteiger partial charge in [0.15, 0.2) is 0 Å². The van der Waals surface area contributed by atoms with E-state index in [0.29, 0.717) is 6.54 Å². The normalized spacial score (nSPS) is 7.85. The second kappa shape index (κ2) is 7.24. The molecule has 0 radical (unpaired) electrons. The summed E-state index contributed by atoms with van der Waals surface area (Å²) in [5, 5.41) is 3.09. The Hall–Kier alpha value is -1.42. The summed E-state index contributed by atoms with van der Waals surface area (Å²) in [5.41, 5.74) is 2.34. The van der Waals surface area contributed by atoms with Crippen molar-refractivity contribution in [2.24, 2.45) is 0 Å². The molecule has 70 valence electrons. The number of anilines is 1. The Morgan fingerprint density at radius 2 is 1.77 bits per heavy atom. The number of benzene rings is 1. The maximum Gasteiger partial charge on any atom is 0.0763 e. The van der Waals surface area contributed by atoms with Crippen LogP contribution in [0, 0.1) is 19.3 Å². The van der Waals surface area contributed by atoms with Gasteiger partial charge in [0.1, 0.15) is 0 Å². The third-order valence-electron chi connectivity index (χ3n) is 1.45. The molecule has 0 fully saturated rings. The van der Waals surface area contributed by atoms with Crippen LogP contribution in [0.15, 0.2) is 24.3 Å². The number of nitrogens with one attached hydrogen (secondary N) is 1. The molecule has 1 N–H and O–H groups in total. The number of hydrogen-bond donors (Lipinski definition) is 1. The Morgan fingerprint density at radius 1 is 1.23 bits per heavy atom. The number of rotatable bonds is 2. The standard InChI is InChI=1S/C10H11N.C2H6/c1-3-8-11-10-6-4-9(2)5-7-10;1-2/h1,4-7,11H,8H2,2H3;1-2H3. The van der Waals surface area contributed by atoms with Crippen molar-refractivity contribution in [1.82, 2.24) is 0 Å². The first-order valence-electron chi connectivity index (χ1n) is 4.57. The molecular formula is C12H17N. The first-order valence-corrected chi connectivity index (χ1v) is 4.57. The molecule has 0 saturated carbocycles. The zero-order chi connectivity index (χ0) is 10.1. The third kappa shape index (κ3) is 4.92. The summed E-state index contributed by atoms with van der Waals surface area (Å²) in [5.74, 6) is 2.52. The zero-order valence-electron chi connectivity index (χ0n) is 8.59. The van der Waals surface area contributed by atoms with E-state index in [1.165, 1.54) is 5.56 Å². The fraction of sp³-hybridized carbons (Fsp3) is 0.333. The van der Waals surface area contributed by atoms with Crippen molar-refractivity contribution in [3.63, 3.8) is 0 Å². The van der Waals surface area contributed by atoms with Crippen LogP contribution in [-0.4, -0.2) is 6.54 Å². The molecule has 0 aliphatic heterocycles. The lowest BCUT2D eigenvalue weighted by Crippen LogP contribution is -1.97. The fourth-order valence-electron chi connectivity index (χ4n) is 0.825. The SMILES string of the molecule is C#CCNc1ccc(C)cc1.CC. The average molecular weight is 175 g/mol. The monoisotopic (exact) mass is 175 g/mol. The predicted octanol–water partition coefficient (Wildman–Crippen LogP) is 3.07. The Morgan fingerprint density at radius 3 is 2.23 bits per heavy atom. The van der Waals surface area contributed by atoms with Crippen LogP contribution >= 0.6 is 0 Å². The molecule has 1 heteroatoms. The molecule has 1 aromatic rings. The molecular weight excluding hydrogens is 158 g/mol. The highest BCUT2D eigenvalue weighted by Crippen LogP contribution is 2.07. The van der Waals surface area contributed by atoms with Crippen molar-refractivity contribution >= 4 is 5.69 Å². The van der Waals surface area contributed by atoms with E-state index in [1.54, 1.807) is 0 Å². The van der Waals surface area contributed by atoms with Gasteiger partial charge in [0.25, 0.3) is 0 Å². The van der Waals surface area contributed by atoms with Crippen LogP contribution in [0.5, 0.6) is 0 Å². The molecule has 1 rings (SSSR count). The van der Waals surface area contributed by atoms with Crippen LogP contribution in [0.25, 0.3) is 0 Å². The van der Waals surface area contributed by atoms with Gasteiger partial charge in [-0.3, -0.25) is 0 Å². The van der Waals surface area contributed by atoms with E-state index in [0.717, 1.165) is 5.69 Å². The van der Waals surface area contributed by atoms with Crippen molar-refractivity contribution in [2.45, 2.75) is 20.8 Å². The molecule has 0 atom stereocenters. The van der Waals surface area contributed by atoms with Crippen LogP contribution < -0.4 is 5.32 Å². The van der Waals surface area contributed by atoms with Crippen molar-refractivity contribution in [3.05, 3.63) is 29.8 Å². The van der Waals surface area contributed by atoms with Crippen molar-refractivity contribution in [2.75, 3.05) is 11.9 Å². The topological polar surface area (TPSA) is 12.0 Å². The second-order valence-electron chi connectivity index (χ2n) is 2.42. The van der Waals surface area contributed by atoms with Gasteiger partial charge >= 0.3 is 0 Å². The smallest absolute Gasteiger partial charge is 0.0763 e. The summed E-state index contributed by atoms with van der Waals surface area (Å²) >= 11 is 0. The van der Waals surface area contributed by atoms with Crippen LogP contribution in [0.2, 0.25) is 0 Å². The maximum absolute atomic E-state index is 5.09. The molecule has 0 heterocycles. The van der Waals surface area contributed by atoms with E-state index in [-0.39, 0.29) is 0 Å². The highest BCUT2D eigenvalue weighted by Gasteiger charge is 1.86. The lowest BCUT2D eigenvalue weighted by Gasteiger charge is -2.01. The Kier molecular flexibility index (Phi) is 6.45. The molecule has 1 aromatic carbocycles. The highest BCUT2D eigenvalue weighted by molar-refractivity contribution is 5.45. The summed E-state index contributed by atoms with van der Waals surface area (Å²) in [6.45, 7) is 6.65. The molecule has 13 heavy (non-hydrogen) atoms. The minimum atomic E-state index is 0.586. The summed E-state index contributed by atoms with van der Waals surface area (Å²) in [7, 11) is 0. The van der Waals surface area contributed by atoms with Crippen molar-refractivity contribution < 1.29 is 0 Å². The molecule has 0 saturated heterocycles. The van der Waals surface area contributed by atoms with Crippen LogP contribution in [0.1, 0.15) is 19.4 Å². The third-order valence-corrected chi connectivity index (χ3v) is 1.45. The van der Waals surface area contributed by atoms with Gasteiger partial charge in [0, 0.05) is 5.69 Å². The van der Waals surface area contributed by atoms with E-state index >= 15 is 0 Å². The molecule has 0 aliphatic carbocycles. The van der Waals surface area contributed by atoms with Gasteiger partial charge in [-0.15, -0.1) is 6.42 Å². The molecule has 0 aliphatic rings. The van der Waals surface area contributed by atoms with Crippen LogP contribution in [0.4, 0.5) is 5.69 Å². The number of aryl methyl sites for hydroxylation is 1. The van der Waals surface area contributed by atoms with Crippen molar-refractivity contribution in [1.29, 1.82) is 0 Å². The molecule has 0 spiro atoms. The first kappa shape index (κ1) is 11.6. The molecule has 0 amide bonds. The number of hydrogen-bond acceptors (Lipinski definition) is 1. The van der Waals surface area contributed by atoms with Gasteiger partial charge in [-0.25, -0.2) is 0 Å².